The van der Waals surface area contributed by atoms with Crippen molar-refractivity contribution in [2.45, 2.75) is 89.5 Å². The van der Waals surface area contributed by atoms with Gasteiger partial charge in [-0.2, -0.15) is 0 Å². The van der Waals surface area contributed by atoms with E-state index in [1.807, 2.05) is 0 Å². The zero-order valence-electron chi connectivity index (χ0n) is 14.2. The molecule has 1 saturated carbocycles. The second-order valence-electron chi connectivity index (χ2n) is 8.19. The van der Waals surface area contributed by atoms with Crippen molar-refractivity contribution in [3.05, 3.63) is 0 Å². The van der Waals surface area contributed by atoms with E-state index in [1.54, 1.807) is 0 Å². The molecule has 3 nitrogen and oxygen atoms in total. The molecule has 1 N–H and O–H groups in total. The molecule has 1 aliphatic carbocycles. The van der Waals surface area contributed by atoms with Crippen LogP contribution in [0, 0.1) is 5.92 Å². The van der Waals surface area contributed by atoms with E-state index < -0.39 is 0 Å². The highest BCUT2D eigenvalue weighted by atomic mass is 16.5. The molecule has 2 aliphatic heterocycles. The number of piperazine rings is 1. The minimum atomic E-state index is 0.447. The van der Waals surface area contributed by atoms with Gasteiger partial charge in [-0.1, -0.05) is 26.7 Å². The van der Waals surface area contributed by atoms with Crippen molar-refractivity contribution in [2.24, 2.45) is 5.92 Å². The van der Waals surface area contributed by atoms with Gasteiger partial charge in [-0.05, 0) is 44.9 Å². The van der Waals surface area contributed by atoms with Crippen LogP contribution >= 0.6 is 0 Å². The molecule has 0 amide bonds. The summed E-state index contributed by atoms with van der Waals surface area (Å²) in [6.07, 6.45) is 10.4. The maximum atomic E-state index is 6.12. The third-order valence-electron chi connectivity index (χ3n) is 5.87. The van der Waals surface area contributed by atoms with Gasteiger partial charge in [-0.15, -0.1) is 0 Å². The molecule has 2 heterocycles. The summed E-state index contributed by atoms with van der Waals surface area (Å²) >= 11 is 0. The molecular formula is C18H34N2O. The van der Waals surface area contributed by atoms with Crippen LogP contribution in [-0.4, -0.2) is 48.3 Å². The van der Waals surface area contributed by atoms with Crippen LogP contribution in [-0.2, 0) is 4.74 Å². The van der Waals surface area contributed by atoms with E-state index in [0.29, 0.717) is 23.8 Å². The third kappa shape index (κ3) is 3.62. The molecule has 0 aromatic heterocycles. The summed E-state index contributed by atoms with van der Waals surface area (Å²) in [4.78, 5) is 2.83. The Labute approximate surface area is 130 Å². The number of hydrogen-bond donors (Lipinski definition) is 1. The molecule has 3 atom stereocenters. The lowest BCUT2D eigenvalue weighted by Crippen LogP contribution is -2.64. The Morgan fingerprint density at radius 2 is 2.00 bits per heavy atom. The summed E-state index contributed by atoms with van der Waals surface area (Å²) < 4.78 is 6.12. The van der Waals surface area contributed by atoms with Crippen molar-refractivity contribution in [3.63, 3.8) is 0 Å². The first-order chi connectivity index (χ1) is 10.1. The fraction of sp³-hybridized carbons (Fsp3) is 1.00. The molecule has 0 radical (unpaired) electrons. The Morgan fingerprint density at radius 3 is 2.62 bits per heavy atom. The summed E-state index contributed by atoms with van der Waals surface area (Å²) in [6.45, 7) is 10.5. The number of rotatable bonds is 4. The van der Waals surface area contributed by atoms with Crippen molar-refractivity contribution in [3.8, 4) is 0 Å². The fourth-order valence-electron chi connectivity index (χ4n) is 4.76. The summed E-state index contributed by atoms with van der Waals surface area (Å²) in [5, 5.41) is 3.86. The molecule has 3 fully saturated rings. The number of nitrogens with one attached hydrogen (secondary N) is 1. The highest BCUT2D eigenvalue weighted by Crippen LogP contribution is 2.38. The van der Waals surface area contributed by atoms with Gasteiger partial charge in [0.1, 0.15) is 0 Å². The molecule has 3 aliphatic rings. The van der Waals surface area contributed by atoms with Gasteiger partial charge in [0.25, 0.3) is 0 Å². The van der Waals surface area contributed by atoms with E-state index in [2.05, 4.69) is 31.0 Å². The van der Waals surface area contributed by atoms with Gasteiger partial charge in [-0.3, -0.25) is 4.90 Å². The van der Waals surface area contributed by atoms with Gasteiger partial charge in [0, 0.05) is 31.2 Å². The SMILES string of the molecule is CC(C)CC1CN(CC2CCC(C)O2)C2(CCCC2)CN1. The summed E-state index contributed by atoms with van der Waals surface area (Å²) in [6, 6.07) is 0.676. The van der Waals surface area contributed by atoms with E-state index in [0.717, 1.165) is 5.92 Å². The van der Waals surface area contributed by atoms with Gasteiger partial charge in [0.05, 0.1) is 12.2 Å². The molecule has 2 saturated heterocycles. The molecule has 122 valence electrons. The summed E-state index contributed by atoms with van der Waals surface area (Å²) in [5.41, 5.74) is 0.447. The second-order valence-corrected chi connectivity index (χ2v) is 8.19. The van der Waals surface area contributed by atoms with Gasteiger partial charge in [0.15, 0.2) is 0 Å². The number of ether oxygens (including phenoxy) is 1. The lowest BCUT2D eigenvalue weighted by Gasteiger charge is -2.49. The van der Waals surface area contributed by atoms with Crippen molar-refractivity contribution < 1.29 is 4.74 Å². The topological polar surface area (TPSA) is 24.5 Å². The van der Waals surface area contributed by atoms with E-state index in [4.69, 9.17) is 4.74 Å². The quantitative estimate of drug-likeness (QED) is 0.862. The molecule has 21 heavy (non-hydrogen) atoms. The number of nitrogens with zero attached hydrogens (tertiary/aromatic N) is 1. The van der Waals surface area contributed by atoms with Crippen LogP contribution < -0.4 is 5.32 Å². The Balaban J connectivity index is 1.64. The second kappa shape index (κ2) is 6.55. The number of hydrogen-bond acceptors (Lipinski definition) is 3. The average molecular weight is 294 g/mol. The Bertz CT molecular complexity index is 338. The molecule has 1 spiro atoms. The van der Waals surface area contributed by atoms with E-state index in [9.17, 15) is 0 Å². The van der Waals surface area contributed by atoms with Crippen LogP contribution in [0.2, 0.25) is 0 Å². The van der Waals surface area contributed by atoms with Gasteiger partial charge in [0.2, 0.25) is 0 Å². The average Bonchev–Trinajstić information content (AvgIpc) is 3.04. The van der Waals surface area contributed by atoms with Crippen LogP contribution in [0.1, 0.15) is 65.7 Å². The van der Waals surface area contributed by atoms with E-state index in [1.165, 1.54) is 64.6 Å². The normalized spacial score (nSPS) is 36.9. The predicted molar refractivity (Wildman–Crippen MR) is 87.6 cm³/mol. The largest absolute Gasteiger partial charge is 0.374 e. The molecule has 0 aromatic carbocycles. The van der Waals surface area contributed by atoms with Crippen LogP contribution in [0.25, 0.3) is 0 Å². The minimum absolute atomic E-state index is 0.447. The highest BCUT2D eigenvalue weighted by molar-refractivity contribution is 5.02. The molecule has 3 heteroatoms. The van der Waals surface area contributed by atoms with Crippen LogP contribution in [0.5, 0.6) is 0 Å². The molecule has 3 unspecified atom stereocenters. The van der Waals surface area contributed by atoms with Crippen LogP contribution in [0.3, 0.4) is 0 Å². The predicted octanol–water partition coefficient (Wildman–Crippen LogP) is 3.19. The first kappa shape index (κ1) is 15.8. The summed E-state index contributed by atoms with van der Waals surface area (Å²) in [5.74, 6) is 0.782. The first-order valence-electron chi connectivity index (χ1n) is 9.21. The molecule has 0 bridgehead atoms. The third-order valence-corrected chi connectivity index (χ3v) is 5.87. The molecule has 3 rings (SSSR count). The lowest BCUT2D eigenvalue weighted by molar-refractivity contribution is -0.0230. The Morgan fingerprint density at radius 1 is 1.24 bits per heavy atom. The molecular weight excluding hydrogens is 260 g/mol. The molecule has 0 aromatic rings. The monoisotopic (exact) mass is 294 g/mol. The summed E-state index contributed by atoms with van der Waals surface area (Å²) in [7, 11) is 0. The first-order valence-corrected chi connectivity index (χ1v) is 9.21. The Kier molecular flexibility index (Phi) is 4.92. The van der Waals surface area contributed by atoms with E-state index in [-0.39, 0.29) is 0 Å². The minimum Gasteiger partial charge on any atom is -0.374 e. The lowest BCUT2D eigenvalue weighted by atomic mass is 9.88. The van der Waals surface area contributed by atoms with Gasteiger partial charge >= 0.3 is 0 Å². The van der Waals surface area contributed by atoms with Crippen molar-refractivity contribution in [1.29, 1.82) is 0 Å². The van der Waals surface area contributed by atoms with Gasteiger partial charge < -0.3 is 10.1 Å². The van der Waals surface area contributed by atoms with Crippen molar-refractivity contribution in [2.75, 3.05) is 19.6 Å². The maximum Gasteiger partial charge on any atom is 0.0706 e. The Hall–Kier alpha value is -0.120. The standard InChI is InChI=1S/C18H34N2O/c1-14(2)10-16-11-20(12-17-7-6-15(3)21-17)18(13-19-16)8-4-5-9-18/h14-17,19H,4-13H2,1-3H3. The smallest absolute Gasteiger partial charge is 0.0706 e. The van der Waals surface area contributed by atoms with E-state index >= 15 is 0 Å². The fourth-order valence-corrected chi connectivity index (χ4v) is 4.76. The van der Waals surface area contributed by atoms with Crippen LogP contribution in [0.4, 0.5) is 0 Å². The van der Waals surface area contributed by atoms with Crippen molar-refractivity contribution in [1.82, 2.24) is 10.2 Å². The van der Waals surface area contributed by atoms with Crippen LogP contribution in [0.15, 0.2) is 0 Å². The van der Waals surface area contributed by atoms with Crippen molar-refractivity contribution >= 4 is 0 Å². The van der Waals surface area contributed by atoms with Gasteiger partial charge in [-0.25, -0.2) is 0 Å². The highest BCUT2D eigenvalue weighted by Gasteiger charge is 2.44. The zero-order chi connectivity index (χ0) is 14.9. The zero-order valence-corrected chi connectivity index (χ0v) is 14.2. The maximum absolute atomic E-state index is 6.12.